The highest BCUT2D eigenvalue weighted by atomic mass is 35.5. The van der Waals surface area contributed by atoms with Crippen molar-refractivity contribution in [3.63, 3.8) is 0 Å². The van der Waals surface area contributed by atoms with E-state index < -0.39 is 11.6 Å². The molecular formula is C15H19ClO4. The molecule has 0 saturated carbocycles. The van der Waals surface area contributed by atoms with Gasteiger partial charge in [-0.15, -0.1) is 0 Å². The van der Waals surface area contributed by atoms with Crippen LogP contribution in [0.5, 0.6) is 0 Å². The number of halogens is 1. The van der Waals surface area contributed by atoms with Gasteiger partial charge in [0.2, 0.25) is 0 Å². The summed E-state index contributed by atoms with van der Waals surface area (Å²) >= 11 is 5.90. The van der Waals surface area contributed by atoms with Crippen molar-refractivity contribution in [2.24, 2.45) is 0 Å². The second-order valence-electron chi connectivity index (χ2n) is 4.88. The van der Waals surface area contributed by atoms with Crippen LogP contribution in [0, 0.1) is 0 Å². The van der Waals surface area contributed by atoms with Crippen molar-refractivity contribution >= 4 is 23.9 Å². The van der Waals surface area contributed by atoms with Crippen LogP contribution in [-0.2, 0) is 19.9 Å². The van der Waals surface area contributed by atoms with E-state index in [1.807, 2.05) is 0 Å². The number of carbonyl (C=O) groups is 2. The van der Waals surface area contributed by atoms with Gasteiger partial charge in [-0.25, -0.2) is 4.79 Å². The van der Waals surface area contributed by atoms with Crippen LogP contribution < -0.4 is 0 Å². The Bertz CT molecular complexity index is 473. The molecule has 1 rings (SSSR count). The van der Waals surface area contributed by atoms with Gasteiger partial charge in [-0.3, -0.25) is 0 Å². The summed E-state index contributed by atoms with van der Waals surface area (Å²) in [5.74, 6) is -0.722. The van der Waals surface area contributed by atoms with Crippen molar-refractivity contribution in [3.8, 4) is 0 Å². The number of hydrogen-bond donors (Lipinski definition) is 1. The van der Waals surface area contributed by atoms with Crippen LogP contribution in [-0.4, -0.2) is 23.5 Å². The normalized spacial score (nSPS) is 13.8. The fraction of sp³-hybridized carbons (Fsp3) is 0.467. The molecule has 1 aromatic carbocycles. The standard InChI is InChI=1S/C15H19ClO4/c1-11(2)20-14(18)15(19,8-3-4-9-17)12-6-5-7-13(16)10-12/h5-7,9-11,19H,3-4,8H2,1-2H3. The first-order valence-corrected chi connectivity index (χ1v) is 6.91. The van der Waals surface area contributed by atoms with E-state index >= 15 is 0 Å². The SMILES string of the molecule is CC(C)OC(=O)C(O)(CCCC=O)c1cccc(Cl)c1. The average Bonchev–Trinajstić information content (AvgIpc) is 2.38. The second kappa shape index (κ2) is 7.41. The lowest BCUT2D eigenvalue weighted by atomic mass is 9.88. The smallest absolute Gasteiger partial charge is 0.343 e. The zero-order chi connectivity index (χ0) is 15.2. The van der Waals surface area contributed by atoms with Crippen LogP contribution in [0.3, 0.4) is 0 Å². The summed E-state index contributed by atoms with van der Waals surface area (Å²) in [5.41, 5.74) is -1.40. The van der Waals surface area contributed by atoms with Gasteiger partial charge in [0, 0.05) is 11.4 Å². The van der Waals surface area contributed by atoms with E-state index in [9.17, 15) is 14.7 Å². The largest absolute Gasteiger partial charge is 0.461 e. The lowest BCUT2D eigenvalue weighted by molar-refractivity contribution is -0.172. The number of carbonyl (C=O) groups excluding carboxylic acids is 2. The molecule has 0 aliphatic rings. The Hall–Kier alpha value is -1.39. The molecule has 0 aliphatic heterocycles. The molecular weight excluding hydrogens is 280 g/mol. The maximum absolute atomic E-state index is 12.2. The van der Waals surface area contributed by atoms with Crippen LogP contribution in [0.2, 0.25) is 5.02 Å². The molecule has 0 bridgehead atoms. The topological polar surface area (TPSA) is 63.6 Å². The van der Waals surface area contributed by atoms with Crippen molar-refractivity contribution in [2.45, 2.75) is 44.8 Å². The van der Waals surface area contributed by atoms with Gasteiger partial charge in [-0.2, -0.15) is 0 Å². The van der Waals surface area contributed by atoms with Crippen LogP contribution in [0.1, 0.15) is 38.7 Å². The van der Waals surface area contributed by atoms with Crippen LogP contribution in [0.25, 0.3) is 0 Å². The molecule has 1 atom stereocenters. The van der Waals surface area contributed by atoms with Gasteiger partial charge in [0.1, 0.15) is 6.29 Å². The molecule has 20 heavy (non-hydrogen) atoms. The third-order valence-electron chi connectivity index (χ3n) is 2.84. The van der Waals surface area contributed by atoms with Crippen molar-refractivity contribution in [3.05, 3.63) is 34.9 Å². The van der Waals surface area contributed by atoms with E-state index in [0.717, 1.165) is 6.29 Å². The Labute approximate surface area is 123 Å². The van der Waals surface area contributed by atoms with E-state index in [-0.39, 0.29) is 18.9 Å². The van der Waals surface area contributed by atoms with Crippen molar-refractivity contribution in [1.29, 1.82) is 0 Å². The summed E-state index contributed by atoms with van der Waals surface area (Å²) in [6, 6.07) is 6.47. The van der Waals surface area contributed by atoms with Gasteiger partial charge in [-0.1, -0.05) is 23.7 Å². The Morgan fingerprint density at radius 3 is 2.75 bits per heavy atom. The maximum Gasteiger partial charge on any atom is 0.343 e. The highest BCUT2D eigenvalue weighted by Gasteiger charge is 2.39. The summed E-state index contributed by atoms with van der Waals surface area (Å²) in [4.78, 5) is 22.6. The fourth-order valence-electron chi connectivity index (χ4n) is 1.86. The molecule has 0 aliphatic carbocycles. The number of aldehydes is 1. The molecule has 4 nitrogen and oxygen atoms in total. The number of unbranched alkanes of at least 4 members (excludes halogenated alkanes) is 1. The fourth-order valence-corrected chi connectivity index (χ4v) is 2.05. The molecule has 0 amide bonds. The maximum atomic E-state index is 12.2. The Morgan fingerprint density at radius 1 is 1.50 bits per heavy atom. The molecule has 1 unspecified atom stereocenters. The number of aliphatic hydroxyl groups is 1. The highest BCUT2D eigenvalue weighted by Crippen LogP contribution is 2.30. The van der Waals surface area contributed by atoms with E-state index in [1.54, 1.807) is 32.0 Å². The Morgan fingerprint density at radius 2 is 2.20 bits per heavy atom. The third kappa shape index (κ3) is 4.32. The van der Waals surface area contributed by atoms with E-state index in [0.29, 0.717) is 17.0 Å². The van der Waals surface area contributed by atoms with Gasteiger partial charge in [0.25, 0.3) is 0 Å². The van der Waals surface area contributed by atoms with E-state index in [4.69, 9.17) is 16.3 Å². The lowest BCUT2D eigenvalue weighted by Gasteiger charge is -2.27. The predicted octanol–water partition coefficient (Wildman–Crippen LogP) is 2.85. The van der Waals surface area contributed by atoms with Gasteiger partial charge in [-0.05, 0) is 44.4 Å². The van der Waals surface area contributed by atoms with E-state index in [1.165, 1.54) is 6.07 Å². The van der Waals surface area contributed by atoms with Crippen LogP contribution >= 0.6 is 11.6 Å². The molecule has 5 heteroatoms. The quantitative estimate of drug-likeness (QED) is 0.477. The zero-order valence-corrected chi connectivity index (χ0v) is 12.4. The van der Waals surface area contributed by atoms with Crippen molar-refractivity contribution in [1.82, 2.24) is 0 Å². The minimum absolute atomic E-state index is 0.109. The van der Waals surface area contributed by atoms with Crippen molar-refractivity contribution < 1.29 is 19.4 Å². The van der Waals surface area contributed by atoms with Gasteiger partial charge in [0.15, 0.2) is 5.60 Å². The first-order valence-electron chi connectivity index (χ1n) is 6.53. The second-order valence-corrected chi connectivity index (χ2v) is 5.32. The minimum atomic E-state index is -1.78. The van der Waals surface area contributed by atoms with Gasteiger partial charge < -0.3 is 14.6 Å². The zero-order valence-electron chi connectivity index (χ0n) is 11.6. The monoisotopic (exact) mass is 298 g/mol. The molecule has 0 spiro atoms. The number of hydrogen-bond acceptors (Lipinski definition) is 4. The Kier molecular flexibility index (Phi) is 6.17. The van der Waals surface area contributed by atoms with Crippen LogP contribution in [0.4, 0.5) is 0 Å². The number of rotatable bonds is 7. The molecule has 1 N–H and O–H groups in total. The molecule has 0 heterocycles. The molecule has 0 aromatic heterocycles. The molecule has 0 saturated heterocycles. The summed E-state index contributed by atoms with van der Waals surface area (Å²) in [5, 5.41) is 11.1. The molecule has 1 aromatic rings. The molecule has 0 radical (unpaired) electrons. The van der Waals surface area contributed by atoms with Gasteiger partial charge >= 0.3 is 5.97 Å². The summed E-state index contributed by atoms with van der Waals surface area (Å²) < 4.78 is 5.12. The average molecular weight is 299 g/mol. The first kappa shape index (κ1) is 16.7. The first-order chi connectivity index (χ1) is 9.40. The predicted molar refractivity (Wildman–Crippen MR) is 76.5 cm³/mol. The number of esters is 1. The number of ether oxygens (including phenoxy) is 1. The summed E-state index contributed by atoms with van der Waals surface area (Å²) in [6.45, 7) is 3.42. The van der Waals surface area contributed by atoms with E-state index in [2.05, 4.69) is 0 Å². The minimum Gasteiger partial charge on any atom is -0.461 e. The van der Waals surface area contributed by atoms with Gasteiger partial charge in [0.05, 0.1) is 6.10 Å². The Balaban J connectivity index is 3.05. The molecule has 0 fully saturated rings. The third-order valence-corrected chi connectivity index (χ3v) is 3.08. The molecule has 110 valence electrons. The van der Waals surface area contributed by atoms with Crippen LogP contribution in [0.15, 0.2) is 24.3 Å². The van der Waals surface area contributed by atoms with Crippen molar-refractivity contribution in [2.75, 3.05) is 0 Å². The number of benzene rings is 1. The summed E-state index contributed by atoms with van der Waals surface area (Å²) in [6.07, 6.45) is 1.20. The highest BCUT2D eigenvalue weighted by molar-refractivity contribution is 6.30. The lowest BCUT2D eigenvalue weighted by Crippen LogP contribution is -2.38. The summed E-state index contributed by atoms with van der Waals surface area (Å²) in [7, 11) is 0.